The Balaban J connectivity index is 1.78. The van der Waals surface area contributed by atoms with E-state index in [9.17, 15) is 10.0 Å². The minimum absolute atomic E-state index is 0.191. The number of ether oxygens (including phenoxy) is 1. The van der Waals surface area contributed by atoms with Crippen molar-refractivity contribution >= 4 is 5.69 Å². The normalized spacial score (nSPS) is 11.1. The molecule has 4 heteroatoms. The van der Waals surface area contributed by atoms with E-state index in [4.69, 9.17) is 4.74 Å². The summed E-state index contributed by atoms with van der Waals surface area (Å²) in [5.74, 6) is 1.63. The lowest BCUT2D eigenvalue weighted by Crippen LogP contribution is -2.18. The Morgan fingerprint density at radius 3 is 1.68 bits per heavy atom. The molecule has 0 heterocycles. The number of benzene rings is 3. The van der Waals surface area contributed by atoms with Gasteiger partial charge in [0.1, 0.15) is 22.9 Å². The maximum absolute atomic E-state index is 10.4. The maximum atomic E-state index is 10.4. The van der Waals surface area contributed by atoms with E-state index in [1.165, 1.54) is 0 Å². The van der Waals surface area contributed by atoms with E-state index in [0.29, 0.717) is 11.4 Å². The van der Waals surface area contributed by atoms with Crippen LogP contribution in [0.1, 0.15) is 25.0 Å². The number of phenolic OH excluding ortho intramolecular Hbond substituents is 1. The molecule has 0 radical (unpaired) electrons. The van der Waals surface area contributed by atoms with Crippen LogP contribution in [0.5, 0.6) is 17.2 Å². The molecule has 0 amide bonds. The molecule has 0 spiro atoms. The Kier molecular flexibility index (Phi) is 4.52. The molecule has 3 aromatic carbocycles. The molecule has 4 nitrogen and oxygen atoms in total. The first-order chi connectivity index (χ1) is 12.0. The highest BCUT2D eigenvalue weighted by Crippen LogP contribution is 2.34. The smallest absolute Gasteiger partial charge is 0.127 e. The van der Waals surface area contributed by atoms with Gasteiger partial charge in [-0.15, -0.1) is 4.91 Å². The summed E-state index contributed by atoms with van der Waals surface area (Å²) in [6.45, 7) is 4.28. The first-order valence-electron chi connectivity index (χ1n) is 8.00. The number of hydrogen-bond acceptors (Lipinski definition) is 4. The summed E-state index contributed by atoms with van der Waals surface area (Å²) >= 11 is 0. The van der Waals surface area contributed by atoms with Crippen molar-refractivity contribution in [3.63, 3.8) is 0 Å². The molecule has 0 aromatic heterocycles. The summed E-state index contributed by atoms with van der Waals surface area (Å²) in [4.78, 5) is 10.4. The minimum atomic E-state index is -0.191. The van der Waals surface area contributed by atoms with E-state index in [-0.39, 0.29) is 11.2 Å². The van der Waals surface area contributed by atoms with E-state index in [2.05, 4.69) is 19.0 Å². The van der Waals surface area contributed by atoms with Gasteiger partial charge < -0.3 is 9.84 Å². The third kappa shape index (κ3) is 3.69. The van der Waals surface area contributed by atoms with Gasteiger partial charge in [0.2, 0.25) is 0 Å². The topological polar surface area (TPSA) is 58.9 Å². The monoisotopic (exact) mass is 333 g/mol. The van der Waals surface area contributed by atoms with Gasteiger partial charge in [-0.2, -0.15) is 0 Å². The second kappa shape index (κ2) is 6.77. The van der Waals surface area contributed by atoms with E-state index >= 15 is 0 Å². The van der Waals surface area contributed by atoms with Gasteiger partial charge in [0.25, 0.3) is 0 Å². The molecule has 0 aliphatic rings. The van der Waals surface area contributed by atoms with Crippen molar-refractivity contribution in [2.45, 2.75) is 19.3 Å². The van der Waals surface area contributed by atoms with Crippen LogP contribution in [0.2, 0.25) is 0 Å². The molecule has 25 heavy (non-hydrogen) atoms. The fourth-order valence-electron chi connectivity index (χ4n) is 2.70. The molecule has 3 aromatic rings. The zero-order valence-corrected chi connectivity index (χ0v) is 14.1. The molecule has 1 N–H and O–H groups in total. The van der Waals surface area contributed by atoms with Crippen LogP contribution in [0.25, 0.3) is 0 Å². The summed E-state index contributed by atoms with van der Waals surface area (Å²) in [6.07, 6.45) is 0. The molecule has 0 aliphatic carbocycles. The van der Waals surface area contributed by atoms with Crippen LogP contribution in [0.3, 0.4) is 0 Å². The van der Waals surface area contributed by atoms with Gasteiger partial charge in [0.15, 0.2) is 0 Å². The third-order valence-electron chi connectivity index (χ3n) is 4.34. The molecular weight excluding hydrogens is 314 g/mol. The quantitative estimate of drug-likeness (QED) is 0.591. The van der Waals surface area contributed by atoms with Crippen molar-refractivity contribution < 1.29 is 9.84 Å². The number of rotatable bonds is 5. The van der Waals surface area contributed by atoms with Crippen molar-refractivity contribution in [2.75, 3.05) is 0 Å². The fraction of sp³-hybridized carbons (Fsp3) is 0.143. The zero-order chi connectivity index (χ0) is 17.9. The molecular formula is C21H19NO3. The number of nitrogens with zero attached hydrogens (tertiary/aromatic N) is 1. The Morgan fingerprint density at radius 1 is 0.760 bits per heavy atom. The molecule has 3 rings (SSSR count). The van der Waals surface area contributed by atoms with Gasteiger partial charge in [-0.05, 0) is 64.8 Å². The van der Waals surface area contributed by atoms with E-state index < -0.39 is 0 Å². The van der Waals surface area contributed by atoms with Crippen molar-refractivity contribution in [3.8, 4) is 17.2 Å². The van der Waals surface area contributed by atoms with Crippen LogP contribution < -0.4 is 4.74 Å². The molecule has 0 saturated heterocycles. The van der Waals surface area contributed by atoms with Crippen molar-refractivity contribution in [1.29, 1.82) is 0 Å². The number of aromatic hydroxyl groups is 1. The Morgan fingerprint density at radius 2 is 1.20 bits per heavy atom. The number of phenols is 1. The zero-order valence-electron chi connectivity index (χ0n) is 14.1. The average Bonchev–Trinajstić information content (AvgIpc) is 2.63. The highest BCUT2D eigenvalue weighted by molar-refractivity contribution is 5.44. The molecule has 0 bridgehead atoms. The molecule has 126 valence electrons. The highest BCUT2D eigenvalue weighted by atomic mass is 16.5. The molecule has 0 aliphatic heterocycles. The van der Waals surface area contributed by atoms with E-state index in [0.717, 1.165) is 16.9 Å². The lowest BCUT2D eigenvalue weighted by atomic mass is 9.78. The summed E-state index contributed by atoms with van der Waals surface area (Å²) in [5.41, 5.74) is 2.45. The van der Waals surface area contributed by atoms with Gasteiger partial charge in [-0.25, -0.2) is 0 Å². The third-order valence-corrected chi connectivity index (χ3v) is 4.34. The fourth-order valence-corrected chi connectivity index (χ4v) is 2.70. The van der Waals surface area contributed by atoms with Gasteiger partial charge in [0.05, 0.1) is 0 Å². The van der Waals surface area contributed by atoms with E-state index in [1.807, 2.05) is 36.4 Å². The predicted octanol–water partition coefficient (Wildman–Crippen LogP) is 5.91. The van der Waals surface area contributed by atoms with Crippen molar-refractivity contribution in [3.05, 3.63) is 88.8 Å². The van der Waals surface area contributed by atoms with Crippen LogP contribution in [0.4, 0.5) is 5.69 Å². The first kappa shape index (κ1) is 16.7. The minimum Gasteiger partial charge on any atom is -0.508 e. The van der Waals surface area contributed by atoms with Crippen molar-refractivity contribution in [2.24, 2.45) is 5.18 Å². The molecule has 0 atom stereocenters. The lowest BCUT2D eigenvalue weighted by Gasteiger charge is -2.26. The Labute approximate surface area is 146 Å². The van der Waals surface area contributed by atoms with Crippen LogP contribution in [-0.2, 0) is 5.41 Å². The summed E-state index contributed by atoms with van der Waals surface area (Å²) in [6, 6.07) is 21.8. The number of nitroso groups, excluding NO2 is 1. The van der Waals surface area contributed by atoms with Crippen LogP contribution in [-0.4, -0.2) is 5.11 Å². The van der Waals surface area contributed by atoms with Crippen LogP contribution in [0.15, 0.2) is 78.0 Å². The standard InChI is InChI=1S/C21H19NO3/c1-21(2,15-3-9-18(23)10-4-15)16-5-11-19(12-6-16)25-20-13-7-17(22-24)8-14-20/h3-14,23H,1-2H3. The largest absolute Gasteiger partial charge is 0.508 e. The maximum Gasteiger partial charge on any atom is 0.127 e. The highest BCUT2D eigenvalue weighted by Gasteiger charge is 2.23. The number of hydrogen-bond donors (Lipinski definition) is 1. The molecule has 0 saturated carbocycles. The summed E-state index contributed by atoms with van der Waals surface area (Å²) < 4.78 is 5.79. The molecule has 0 unspecified atom stereocenters. The molecule has 0 fully saturated rings. The second-order valence-corrected chi connectivity index (χ2v) is 6.38. The van der Waals surface area contributed by atoms with Crippen LogP contribution >= 0.6 is 0 Å². The first-order valence-corrected chi connectivity index (χ1v) is 8.00. The second-order valence-electron chi connectivity index (χ2n) is 6.38. The summed E-state index contributed by atoms with van der Waals surface area (Å²) in [7, 11) is 0. The van der Waals surface area contributed by atoms with E-state index in [1.54, 1.807) is 36.4 Å². The van der Waals surface area contributed by atoms with Crippen LogP contribution in [0, 0.1) is 4.91 Å². The van der Waals surface area contributed by atoms with Gasteiger partial charge in [-0.3, -0.25) is 0 Å². The lowest BCUT2D eigenvalue weighted by molar-refractivity contribution is 0.474. The van der Waals surface area contributed by atoms with Gasteiger partial charge >= 0.3 is 0 Å². The summed E-state index contributed by atoms with van der Waals surface area (Å²) in [5, 5.41) is 12.3. The van der Waals surface area contributed by atoms with Crippen molar-refractivity contribution in [1.82, 2.24) is 0 Å². The Hall–Kier alpha value is -3.14. The average molecular weight is 333 g/mol. The predicted molar refractivity (Wildman–Crippen MR) is 98.6 cm³/mol. The SMILES string of the molecule is CC(C)(c1ccc(O)cc1)c1ccc(Oc2ccc(N=O)cc2)cc1. The van der Waals surface area contributed by atoms with Gasteiger partial charge in [-0.1, -0.05) is 38.1 Å². The Bertz CT molecular complexity index is 851. The van der Waals surface area contributed by atoms with Gasteiger partial charge in [0, 0.05) is 5.41 Å².